The van der Waals surface area contributed by atoms with E-state index in [0.717, 1.165) is 11.8 Å². The lowest BCUT2D eigenvalue weighted by molar-refractivity contribution is -0.143. The Hall–Kier alpha value is -4.53. The van der Waals surface area contributed by atoms with Crippen molar-refractivity contribution < 1.29 is 45.1 Å². The van der Waals surface area contributed by atoms with Crippen molar-refractivity contribution in [3.63, 3.8) is 0 Å². The van der Waals surface area contributed by atoms with Gasteiger partial charge in [-0.1, -0.05) is 53.5 Å². The Labute approximate surface area is 282 Å². The van der Waals surface area contributed by atoms with Gasteiger partial charge in [0.15, 0.2) is 23.3 Å². The minimum absolute atomic E-state index is 0.136. The number of halogens is 9. The highest BCUT2D eigenvalue weighted by Crippen LogP contribution is 2.39. The lowest BCUT2D eigenvalue weighted by atomic mass is 10.1. The third-order valence-corrected chi connectivity index (χ3v) is 8.34. The molecule has 0 saturated heterocycles. The van der Waals surface area contributed by atoms with E-state index in [2.05, 4.69) is 10.6 Å². The second kappa shape index (κ2) is 15.1. The fourth-order valence-corrected chi connectivity index (χ4v) is 5.25. The second-order valence-electron chi connectivity index (χ2n) is 9.75. The SMILES string of the molecule is CC(Sc1ccc(NC(=O)/C(=C/c2cccc(Cl)c2Cl)NC(=O)c2ccccc2)cc1)C(=O)Nc1c(F)c(F)c(C(F)(F)F)c(F)c1F. The van der Waals surface area contributed by atoms with Crippen LogP contribution < -0.4 is 16.0 Å². The van der Waals surface area contributed by atoms with Crippen LogP contribution in [0.3, 0.4) is 0 Å². The third-order valence-electron chi connectivity index (χ3n) is 6.40. The number of carbonyl (C=O) groups is 3. The Morgan fingerprint density at radius 1 is 0.792 bits per heavy atom. The molecule has 1 atom stereocenters. The molecular formula is C32H20Cl2F7N3O3S. The van der Waals surface area contributed by atoms with Crippen LogP contribution in [0, 0.1) is 23.3 Å². The van der Waals surface area contributed by atoms with E-state index in [1.54, 1.807) is 53.8 Å². The molecule has 4 aromatic carbocycles. The van der Waals surface area contributed by atoms with Gasteiger partial charge in [0.25, 0.3) is 11.8 Å². The van der Waals surface area contributed by atoms with Gasteiger partial charge in [0.1, 0.15) is 16.9 Å². The number of nitrogens with one attached hydrogen (secondary N) is 3. The predicted molar refractivity (Wildman–Crippen MR) is 169 cm³/mol. The number of anilines is 2. The van der Waals surface area contributed by atoms with Crippen LogP contribution in [0.5, 0.6) is 0 Å². The number of alkyl halides is 3. The van der Waals surface area contributed by atoms with Gasteiger partial charge in [-0.25, -0.2) is 17.6 Å². The van der Waals surface area contributed by atoms with E-state index in [1.165, 1.54) is 37.3 Å². The zero-order chi connectivity index (χ0) is 35.3. The van der Waals surface area contributed by atoms with Crippen molar-refractivity contribution in [3.05, 3.63) is 128 Å². The first-order valence-electron chi connectivity index (χ1n) is 13.4. The van der Waals surface area contributed by atoms with Gasteiger partial charge in [0.2, 0.25) is 5.91 Å². The quantitative estimate of drug-likeness (QED) is 0.0695. The molecule has 1 unspecified atom stereocenters. The number of hydrogen-bond donors (Lipinski definition) is 3. The lowest BCUT2D eigenvalue weighted by Crippen LogP contribution is -2.30. The maximum Gasteiger partial charge on any atom is 0.422 e. The first-order chi connectivity index (χ1) is 22.6. The van der Waals surface area contributed by atoms with Crippen molar-refractivity contribution in [3.8, 4) is 0 Å². The minimum Gasteiger partial charge on any atom is -0.321 e. The van der Waals surface area contributed by atoms with Crippen LogP contribution in [0.25, 0.3) is 6.08 Å². The fraction of sp³-hybridized carbons (Fsp3) is 0.0938. The number of rotatable bonds is 9. The molecule has 3 amide bonds. The molecule has 0 saturated carbocycles. The monoisotopic (exact) mass is 729 g/mol. The number of carbonyl (C=O) groups excluding carboxylic acids is 3. The smallest absolute Gasteiger partial charge is 0.321 e. The van der Waals surface area contributed by atoms with E-state index in [9.17, 15) is 45.1 Å². The molecule has 0 aliphatic carbocycles. The van der Waals surface area contributed by atoms with Gasteiger partial charge in [-0.2, -0.15) is 13.2 Å². The van der Waals surface area contributed by atoms with E-state index >= 15 is 0 Å². The second-order valence-corrected chi connectivity index (χ2v) is 12.0. The first kappa shape index (κ1) is 36.3. The molecule has 48 heavy (non-hydrogen) atoms. The van der Waals surface area contributed by atoms with Crippen molar-refractivity contribution in [2.75, 3.05) is 10.6 Å². The van der Waals surface area contributed by atoms with Crippen molar-refractivity contribution in [1.82, 2.24) is 5.32 Å². The molecule has 4 aromatic rings. The fourth-order valence-electron chi connectivity index (χ4n) is 4.02. The molecule has 4 rings (SSSR count). The van der Waals surface area contributed by atoms with Gasteiger partial charge in [-0.15, -0.1) is 11.8 Å². The highest BCUT2D eigenvalue weighted by molar-refractivity contribution is 8.00. The maximum absolute atomic E-state index is 14.2. The van der Waals surface area contributed by atoms with Crippen molar-refractivity contribution in [2.45, 2.75) is 23.2 Å². The van der Waals surface area contributed by atoms with Crippen LogP contribution in [0.4, 0.5) is 42.1 Å². The molecule has 16 heteroatoms. The van der Waals surface area contributed by atoms with Crippen LogP contribution in [0.15, 0.2) is 83.4 Å². The van der Waals surface area contributed by atoms with Crippen molar-refractivity contribution in [2.24, 2.45) is 0 Å². The van der Waals surface area contributed by atoms with Gasteiger partial charge in [-0.3, -0.25) is 14.4 Å². The van der Waals surface area contributed by atoms with Crippen molar-refractivity contribution >= 4 is 70.1 Å². The third kappa shape index (κ3) is 8.48. The van der Waals surface area contributed by atoms with E-state index in [0.29, 0.717) is 10.5 Å². The summed E-state index contributed by atoms with van der Waals surface area (Å²) in [5.74, 6) is -12.8. The van der Waals surface area contributed by atoms with Gasteiger partial charge in [0, 0.05) is 16.1 Å². The summed E-state index contributed by atoms with van der Waals surface area (Å²) in [6.07, 6.45) is -4.40. The highest BCUT2D eigenvalue weighted by Gasteiger charge is 2.42. The summed E-state index contributed by atoms with van der Waals surface area (Å²) in [6.45, 7) is 1.26. The molecule has 0 fully saturated rings. The Kier molecular flexibility index (Phi) is 11.4. The van der Waals surface area contributed by atoms with Gasteiger partial charge in [-0.05, 0) is 61.0 Å². The van der Waals surface area contributed by atoms with Crippen LogP contribution in [0.1, 0.15) is 28.4 Å². The molecule has 0 aromatic heterocycles. The Balaban J connectivity index is 1.48. The summed E-state index contributed by atoms with van der Waals surface area (Å²) in [6, 6.07) is 18.5. The molecule has 0 heterocycles. The van der Waals surface area contributed by atoms with E-state index in [-0.39, 0.29) is 27.0 Å². The standard InChI is InChI=1S/C32H20Cl2F7N3O3S/c1-15(29(45)44-28-26(37)24(35)22(32(39,40)41)25(36)27(28)38)48-19-12-10-18(11-13-19)42-31(47)21(14-17-8-5-9-20(33)23(17)34)43-30(46)16-6-3-2-4-7-16/h2-15H,1H3,(H,42,47)(H,43,46)(H,44,45)/b21-14-. The highest BCUT2D eigenvalue weighted by atomic mass is 35.5. The molecule has 250 valence electrons. The number of benzene rings is 4. The average Bonchev–Trinajstić information content (AvgIpc) is 3.04. The summed E-state index contributed by atoms with van der Waals surface area (Å²) < 4.78 is 94.9. The van der Waals surface area contributed by atoms with Gasteiger partial charge in [0.05, 0.1) is 15.3 Å². The summed E-state index contributed by atoms with van der Waals surface area (Å²) in [5, 5.41) is 5.92. The molecule has 6 nitrogen and oxygen atoms in total. The minimum atomic E-state index is -5.73. The molecule has 0 radical (unpaired) electrons. The Bertz CT molecular complexity index is 1880. The Morgan fingerprint density at radius 2 is 1.40 bits per heavy atom. The van der Waals surface area contributed by atoms with E-state index < -0.39 is 63.7 Å². The molecule has 0 spiro atoms. The number of hydrogen-bond acceptors (Lipinski definition) is 4. The predicted octanol–water partition coefficient (Wildman–Crippen LogP) is 9.10. The van der Waals surface area contributed by atoms with Crippen molar-refractivity contribution in [1.29, 1.82) is 0 Å². The van der Waals surface area contributed by atoms with E-state index in [1.807, 2.05) is 0 Å². The Morgan fingerprint density at radius 3 is 1.98 bits per heavy atom. The van der Waals surface area contributed by atoms with Crippen LogP contribution in [-0.4, -0.2) is 23.0 Å². The number of thioether (sulfide) groups is 1. The zero-order valence-electron chi connectivity index (χ0n) is 24.1. The summed E-state index contributed by atoms with van der Waals surface area (Å²) >= 11 is 13.2. The summed E-state index contributed by atoms with van der Waals surface area (Å²) in [5.41, 5.74) is -3.82. The van der Waals surface area contributed by atoms with Crippen LogP contribution in [0.2, 0.25) is 10.0 Å². The first-order valence-corrected chi connectivity index (χ1v) is 15.1. The lowest BCUT2D eigenvalue weighted by Gasteiger charge is -2.16. The van der Waals surface area contributed by atoms with E-state index in [4.69, 9.17) is 23.2 Å². The normalized spacial score (nSPS) is 12.3. The average molecular weight is 730 g/mol. The van der Waals surface area contributed by atoms with Gasteiger partial charge < -0.3 is 16.0 Å². The molecule has 3 N–H and O–H groups in total. The molecule has 0 aliphatic heterocycles. The largest absolute Gasteiger partial charge is 0.422 e. The zero-order valence-corrected chi connectivity index (χ0v) is 26.4. The van der Waals surface area contributed by atoms with Crippen LogP contribution >= 0.6 is 35.0 Å². The molecular weight excluding hydrogens is 710 g/mol. The molecule has 0 bridgehead atoms. The summed E-state index contributed by atoms with van der Waals surface area (Å²) in [4.78, 5) is 39.1. The van der Waals surface area contributed by atoms with Crippen LogP contribution in [-0.2, 0) is 15.8 Å². The molecule has 0 aliphatic rings. The number of amides is 3. The maximum atomic E-state index is 14.2. The van der Waals surface area contributed by atoms with Gasteiger partial charge >= 0.3 is 6.18 Å². The summed E-state index contributed by atoms with van der Waals surface area (Å²) in [7, 11) is 0. The topological polar surface area (TPSA) is 87.3 Å².